The maximum absolute atomic E-state index is 12.5. The lowest BCUT2D eigenvalue weighted by Crippen LogP contribution is -2.41. The van der Waals surface area contributed by atoms with Gasteiger partial charge in [0.05, 0.1) is 17.4 Å². The molecule has 140 valence electrons. The average Bonchev–Trinajstić information content (AvgIpc) is 3.13. The summed E-state index contributed by atoms with van der Waals surface area (Å²) in [4.78, 5) is 30.4. The molecule has 4 N–H and O–H groups in total. The largest absolute Gasteiger partial charge is 0.368 e. The third kappa shape index (κ3) is 3.84. The molecule has 0 saturated carbocycles. The van der Waals surface area contributed by atoms with Gasteiger partial charge in [-0.3, -0.25) is 4.79 Å². The maximum atomic E-state index is 12.5. The molecule has 0 radical (unpaired) electrons. The van der Waals surface area contributed by atoms with E-state index in [0.29, 0.717) is 24.0 Å². The second-order valence-corrected chi connectivity index (χ2v) is 7.02. The molecule has 3 heterocycles. The molecule has 1 aromatic carbocycles. The van der Waals surface area contributed by atoms with Crippen molar-refractivity contribution in [1.82, 2.24) is 25.3 Å². The number of hydrogen-bond donors (Lipinski definition) is 3. The van der Waals surface area contributed by atoms with Crippen LogP contribution in [0, 0.1) is 12.8 Å². The summed E-state index contributed by atoms with van der Waals surface area (Å²) in [6, 6.07) is 7.44. The third-order valence-corrected chi connectivity index (χ3v) is 4.93. The number of H-pyrrole nitrogens is 1. The van der Waals surface area contributed by atoms with Crippen LogP contribution in [-0.2, 0) is 0 Å². The van der Waals surface area contributed by atoms with Gasteiger partial charge in [-0.25, -0.2) is 9.97 Å². The Bertz CT molecular complexity index is 947. The van der Waals surface area contributed by atoms with E-state index in [2.05, 4.69) is 30.2 Å². The second kappa shape index (κ2) is 7.22. The zero-order valence-electron chi connectivity index (χ0n) is 15.3. The topological polar surface area (TPSA) is 113 Å². The van der Waals surface area contributed by atoms with Crippen LogP contribution in [0.5, 0.6) is 0 Å². The lowest BCUT2D eigenvalue weighted by Gasteiger charge is -2.33. The van der Waals surface area contributed by atoms with E-state index in [4.69, 9.17) is 5.73 Å². The lowest BCUT2D eigenvalue weighted by molar-refractivity contribution is 0.0946. The van der Waals surface area contributed by atoms with E-state index in [0.717, 1.165) is 48.5 Å². The number of piperidine rings is 1. The van der Waals surface area contributed by atoms with Gasteiger partial charge in [-0.2, -0.15) is 4.98 Å². The van der Waals surface area contributed by atoms with Crippen LogP contribution in [-0.4, -0.2) is 45.5 Å². The molecule has 2 aromatic heterocycles. The van der Waals surface area contributed by atoms with E-state index in [9.17, 15) is 4.79 Å². The Kier molecular flexibility index (Phi) is 4.62. The molecule has 27 heavy (non-hydrogen) atoms. The molecule has 8 nitrogen and oxygen atoms in total. The zero-order valence-corrected chi connectivity index (χ0v) is 15.3. The number of aromatic amines is 1. The van der Waals surface area contributed by atoms with E-state index in [1.54, 1.807) is 12.4 Å². The second-order valence-electron chi connectivity index (χ2n) is 7.02. The number of carbonyl (C=O) groups is 1. The fourth-order valence-electron chi connectivity index (χ4n) is 3.59. The highest BCUT2D eigenvalue weighted by Gasteiger charge is 2.22. The predicted molar refractivity (Wildman–Crippen MR) is 105 cm³/mol. The number of aryl methyl sites for hydroxylation is 1. The number of nitrogen functional groups attached to an aromatic ring is 1. The monoisotopic (exact) mass is 365 g/mol. The van der Waals surface area contributed by atoms with Gasteiger partial charge in [0.1, 0.15) is 5.82 Å². The highest BCUT2D eigenvalue weighted by Crippen LogP contribution is 2.22. The molecule has 0 bridgehead atoms. The molecule has 1 aliphatic rings. The van der Waals surface area contributed by atoms with Crippen molar-refractivity contribution < 1.29 is 4.79 Å². The van der Waals surface area contributed by atoms with Crippen LogP contribution in [0.2, 0.25) is 0 Å². The number of rotatable bonds is 4. The molecule has 1 fully saturated rings. The van der Waals surface area contributed by atoms with Crippen molar-refractivity contribution >= 4 is 28.7 Å². The number of anilines is 2. The summed E-state index contributed by atoms with van der Waals surface area (Å²) in [5, 5.41) is 3.06. The lowest BCUT2D eigenvalue weighted by atomic mass is 9.97. The normalized spacial score (nSPS) is 17.2. The SMILES string of the molecule is Cc1cc(N2CCCC(CNC(=O)c3ccc4nc[nH]c4c3)C2)nc(N)n1. The van der Waals surface area contributed by atoms with Crippen molar-refractivity contribution in [3.63, 3.8) is 0 Å². The van der Waals surface area contributed by atoms with Gasteiger partial charge < -0.3 is 20.9 Å². The molecule has 3 aromatic rings. The van der Waals surface area contributed by atoms with Crippen LogP contribution in [0.3, 0.4) is 0 Å². The van der Waals surface area contributed by atoms with E-state index in [-0.39, 0.29) is 5.91 Å². The standard InChI is InChI=1S/C19H23N7O/c1-12-7-17(25-19(20)24-12)26-6-2-3-13(10-26)9-21-18(27)14-4-5-15-16(8-14)23-11-22-15/h4-5,7-8,11,13H,2-3,6,9-10H2,1H3,(H,21,27)(H,22,23)(H2,20,24,25). The minimum absolute atomic E-state index is 0.0641. The van der Waals surface area contributed by atoms with Crippen LogP contribution < -0.4 is 16.0 Å². The van der Waals surface area contributed by atoms with Crippen molar-refractivity contribution in [2.45, 2.75) is 19.8 Å². The summed E-state index contributed by atoms with van der Waals surface area (Å²) in [7, 11) is 0. The van der Waals surface area contributed by atoms with Gasteiger partial charge in [0.15, 0.2) is 0 Å². The first kappa shape index (κ1) is 17.3. The number of nitrogens with zero attached hydrogens (tertiary/aromatic N) is 4. The first-order chi connectivity index (χ1) is 13.1. The highest BCUT2D eigenvalue weighted by molar-refractivity contribution is 5.97. The molecule has 0 aliphatic carbocycles. The van der Waals surface area contributed by atoms with Gasteiger partial charge in [0.2, 0.25) is 5.95 Å². The molecule has 1 saturated heterocycles. The van der Waals surface area contributed by atoms with E-state index in [1.807, 2.05) is 25.1 Å². The number of amides is 1. The summed E-state index contributed by atoms with van der Waals surface area (Å²) in [5.74, 6) is 1.47. The van der Waals surface area contributed by atoms with Crippen LogP contribution in [0.1, 0.15) is 28.9 Å². The van der Waals surface area contributed by atoms with Crippen molar-refractivity contribution in [1.29, 1.82) is 0 Å². The van der Waals surface area contributed by atoms with Crippen molar-refractivity contribution in [2.75, 3.05) is 30.3 Å². The van der Waals surface area contributed by atoms with E-state index >= 15 is 0 Å². The minimum atomic E-state index is -0.0641. The molecule has 4 rings (SSSR count). The third-order valence-electron chi connectivity index (χ3n) is 4.93. The van der Waals surface area contributed by atoms with Gasteiger partial charge in [0.25, 0.3) is 5.91 Å². The minimum Gasteiger partial charge on any atom is -0.368 e. The Morgan fingerprint density at radius 3 is 3.11 bits per heavy atom. The molecular weight excluding hydrogens is 342 g/mol. The Hall–Kier alpha value is -3.16. The number of nitrogens with one attached hydrogen (secondary N) is 2. The highest BCUT2D eigenvalue weighted by atomic mass is 16.1. The van der Waals surface area contributed by atoms with Crippen LogP contribution in [0.15, 0.2) is 30.6 Å². The number of benzene rings is 1. The van der Waals surface area contributed by atoms with E-state index in [1.165, 1.54) is 0 Å². The smallest absolute Gasteiger partial charge is 0.251 e. The van der Waals surface area contributed by atoms with Crippen molar-refractivity contribution in [3.8, 4) is 0 Å². The number of carbonyl (C=O) groups excluding carboxylic acids is 1. The van der Waals surface area contributed by atoms with Crippen molar-refractivity contribution in [2.24, 2.45) is 5.92 Å². The Morgan fingerprint density at radius 2 is 2.26 bits per heavy atom. The summed E-state index contributed by atoms with van der Waals surface area (Å²) in [5.41, 5.74) is 9.00. The van der Waals surface area contributed by atoms with Gasteiger partial charge in [-0.15, -0.1) is 0 Å². The predicted octanol–water partition coefficient (Wildman–Crippen LogP) is 1.89. The van der Waals surface area contributed by atoms with Gasteiger partial charge in [-0.05, 0) is 43.9 Å². The first-order valence-electron chi connectivity index (χ1n) is 9.16. The molecule has 0 spiro atoms. The molecule has 1 unspecified atom stereocenters. The fraction of sp³-hybridized carbons (Fsp3) is 0.368. The number of nitrogens with two attached hydrogens (primary N) is 1. The van der Waals surface area contributed by atoms with Gasteiger partial charge in [-0.1, -0.05) is 0 Å². The quantitative estimate of drug-likeness (QED) is 0.651. The molecule has 1 amide bonds. The summed E-state index contributed by atoms with van der Waals surface area (Å²) in [6.07, 6.45) is 3.77. The number of aromatic nitrogens is 4. The van der Waals surface area contributed by atoms with Gasteiger partial charge >= 0.3 is 0 Å². The zero-order chi connectivity index (χ0) is 18.8. The summed E-state index contributed by atoms with van der Waals surface area (Å²) < 4.78 is 0. The van der Waals surface area contributed by atoms with Crippen LogP contribution in [0.4, 0.5) is 11.8 Å². The van der Waals surface area contributed by atoms with Crippen molar-refractivity contribution in [3.05, 3.63) is 41.9 Å². The number of hydrogen-bond acceptors (Lipinski definition) is 6. The first-order valence-corrected chi connectivity index (χ1v) is 9.16. The maximum Gasteiger partial charge on any atom is 0.251 e. The van der Waals surface area contributed by atoms with E-state index < -0.39 is 0 Å². The van der Waals surface area contributed by atoms with Crippen LogP contribution >= 0.6 is 0 Å². The Balaban J connectivity index is 1.38. The molecule has 1 atom stereocenters. The molecular formula is C19H23N7O. The number of imidazole rings is 1. The van der Waals surface area contributed by atoms with Gasteiger partial charge in [0, 0.05) is 37.0 Å². The fourth-order valence-corrected chi connectivity index (χ4v) is 3.59. The number of fused-ring (bicyclic) bond motifs is 1. The summed E-state index contributed by atoms with van der Waals surface area (Å²) in [6.45, 7) is 4.34. The average molecular weight is 365 g/mol. The molecule has 8 heteroatoms. The summed E-state index contributed by atoms with van der Waals surface area (Å²) >= 11 is 0. The Morgan fingerprint density at radius 1 is 1.37 bits per heavy atom. The molecule has 1 aliphatic heterocycles. The Labute approximate surface area is 157 Å². The van der Waals surface area contributed by atoms with Crippen LogP contribution in [0.25, 0.3) is 11.0 Å².